The van der Waals surface area contributed by atoms with Gasteiger partial charge in [0.1, 0.15) is 12.4 Å². The second kappa shape index (κ2) is 7.10. The number of rotatable bonds is 7. The zero-order chi connectivity index (χ0) is 14.4. The fraction of sp³-hybridized carbons (Fsp3) is 0.438. The summed E-state index contributed by atoms with van der Waals surface area (Å²) >= 11 is 0. The third kappa shape index (κ3) is 3.61. The highest BCUT2D eigenvalue weighted by molar-refractivity contribution is 5.27. The lowest BCUT2D eigenvalue weighted by molar-refractivity contribution is 0.292. The Balaban J connectivity index is 1.99. The molecule has 108 valence electrons. The molecule has 1 aromatic carbocycles. The molecule has 0 atom stereocenters. The average molecular weight is 273 g/mol. The molecule has 0 amide bonds. The smallest absolute Gasteiger partial charge is 0.130 e. The van der Waals surface area contributed by atoms with Crippen molar-refractivity contribution in [3.8, 4) is 5.75 Å². The maximum Gasteiger partial charge on any atom is 0.130 e. The lowest BCUT2D eigenvalue weighted by Crippen LogP contribution is -2.06. The van der Waals surface area contributed by atoms with Crippen LogP contribution in [0.2, 0.25) is 0 Å². The van der Waals surface area contributed by atoms with E-state index in [-0.39, 0.29) is 0 Å². The van der Waals surface area contributed by atoms with Crippen LogP contribution in [-0.4, -0.2) is 16.8 Å². The molecular weight excluding hydrogens is 250 g/mol. The number of benzene rings is 1. The molecule has 1 N–H and O–H groups in total. The number of aromatic nitrogens is 2. The van der Waals surface area contributed by atoms with E-state index in [1.54, 1.807) is 0 Å². The molecule has 2 aromatic rings. The van der Waals surface area contributed by atoms with Gasteiger partial charge >= 0.3 is 0 Å². The fourth-order valence-corrected chi connectivity index (χ4v) is 2.14. The second-order valence-corrected chi connectivity index (χ2v) is 4.76. The normalized spacial score (nSPS) is 10.8. The van der Waals surface area contributed by atoms with E-state index in [4.69, 9.17) is 4.74 Å². The van der Waals surface area contributed by atoms with Crippen molar-refractivity contribution >= 4 is 0 Å². The van der Waals surface area contributed by atoms with E-state index >= 15 is 0 Å². The molecule has 0 radical (unpaired) electrons. The van der Waals surface area contributed by atoms with Gasteiger partial charge in [-0.05, 0) is 44.2 Å². The summed E-state index contributed by atoms with van der Waals surface area (Å²) in [6, 6.07) is 10.3. The molecule has 1 aromatic heterocycles. The third-order valence-electron chi connectivity index (χ3n) is 3.27. The molecule has 0 saturated carbocycles. The van der Waals surface area contributed by atoms with Crippen molar-refractivity contribution in [2.24, 2.45) is 0 Å². The molecule has 0 fully saturated rings. The van der Waals surface area contributed by atoms with Crippen molar-refractivity contribution in [1.29, 1.82) is 0 Å². The maximum absolute atomic E-state index is 5.84. The van der Waals surface area contributed by atoms with Gasteiger partial charge in [0, 0.05) is 13.1 Å². The Labute approximate surface area is 120 Å². The minimum atomic E-state index is 0.562. The molecule has 2 rings (SSSR count). The van der Waals surface area contributed by atoms with Crippen LogP contribution in [0.4, 0.5) is 0 Å². The number of nitrogens with zero attached hydrogens (tertiary/aromatic N) is 2. The van der Waals surface area contributed by atoms with Crippen LogP contribution in [0.1, 0.15) is 30.8 Å². The van der Waals surface area contributed by atoms with Gasteiger partial charge in [0.25, 0.3) is 0 Å². The quantitative estimate of drug-likeness (QED) is 0.843. The van der Waals surface area contributed by atoms with Crippen LogP contribution in [-0.2, 0) is 26.1 Å². The maximum atomic E-state index is 5.84. The standard InChI is InChI=1S/C16H23N3O/c1-4-14-10-15(19(5-2)18-14)12-20-16-8-6-13(7-9-16)11-17-3/h6-10,17H,4-5,11-12H2,1-3H3. The zero-order valence-corrected chi connectivity index (χ0v) is 12.5. The van der Waals surface area contributed by atoms with Gasteiger partial charge in [0.15, 0.2) is 0 Å². The molecule has 0 aliphatic heterocycles. The summed E-state index contributed by atoms with van der Waals surface area (Å²) < 4.78 is 7.85. The van der Waals surface area contributed by atoms with E-state index in [0.29, 0.717) is 6.61 Å². The van der Waals surface area contributed by atoms with E-state index in [0.717, 1.165) is 36.6 Å². The van der Waals surface area contributed by atoms with Gasteiger partial charge in [-0.15, -0.1) is 0 Å². The van der Waals surface area contributed by atoms with E-state index < -0.39 is 0 Å². The Hall–Kier alpha value is -1.81. The highest BCUT2D eigenvalue weighted by atomic mass is 16.5. The molecule has 0 saturated heterocycles. The van der Waals surface area contributed by atoms with Crippen molar-refractivity contribution in [3.63, 3.8) is 0 Å². The Kier molecular flexibility index (Phi) is 5.18. The van der Waals surface area contributed by atoms with Gasteiger partial charge in [-0.2, -0.15) is 5.10 Å². The highest BCUT2D eigenvalue weighted by Gasteiger charge is 2.06. The molecule has 1 heterocycles. The van der Waals surface area contributed by atoms with Crippen molar-refractivity contribution in [3.05, 3.63) is 47.3 Å². The van der Waals surface area contributed by atoms with Gasteiger partial charge in [-0.3, -0.25) is 4.68 Å². The van der Waals surface area contributed by atoms with E-state index in [2.05, 4.69) is 42.5 Å². The van der Waals surface area contributed by atoms with Gasteiger partial charge in [-0.25, -0.2) is 0 Å². The Morgan fingerprint density at radius 2 is 1.95 bits per heavy atom. The highest BCUT2D eigenvalue weighted by Crippen LogP contribution is 2.15. The van der Waals surface area contributed by atoms with E-state index in [9.17, 15) is 0 Å². The summed E-state index contributed by atoms with van der Waals surface area (Å²) in [6.45, 7) is 6.53. The topological polar surface area (TPSA) is 39.1 Å². The first kappa shape index (κ1) is 14.6. The lowest BCUT2D eigenvalue weighted by atomic mass is 10.2. The summed E-state index contributed by atoms with van der Waals surface area (Å²) in [4.78, 5) is 0. The van der Waals surface area contributed by atoms with Gasteiger partial charge in [-0.1, -0.05) is 19.1 Å². The number of hydrogen-bond donors (Lipinski definition) is 1. The predicted octanol–water partition coefficient (Wildman–Crippen LogP) is 2.76. The first-order valence-corrected chi connectivity index (χ1v) is 7.18. The summed E-state index contributed by atoms with van der Waals surface area (Å²) in [5, 5.41) is 7.66. The fourth-order valence-electron chi connectivity index (χ4n) is 2.14. The minimum absolute atomic E-state index is 0.562. The third-order valence-corrected chi connectivity index (χ3v) is 3.27. The molecule has 0 spiro atoms. The van der Waals surface area contributed by atoms with Crippen molar-refractivity contribution in [2.75, 3.05) is 7.05 Å². The first-order chi connectivity index (χ1) is 9.76. The molecular formula is C16H23N3O. The van der Waals surface area contributed by atoms with Gasteiger partial charge in [0.05, 0.1) is 11.4 Å². The predicted molar refractivity (Wildman–Crippen MR) is 80.8 cm³/mol. The average Bonchev–Trinajstić information content (AvgIpc) is 2.89. The van der Waals surface area contributed by atoms with Crippen LogP contribution in [0, 0.1) is 0 Å². The van der Waals surface area contributed by atoms with E-state index in [1.807, 2.05) is 23.9 Å². The molecule has 0 aliphatic carbocycles. The van der Waals surface area contributed by atoms with Crippen LogP contribution < -0.4 is 10.1 Å². The molecule has 0 unspecified atom stereocenters. The van der Waals surface area contributed by atoms with Crippen LogP contribution in [0.5, 0.6) is 5.75 Å². The van der Waals surface area contributed by atoms with Crippen molar-refractivity contribution < 1.29 is 4.74 Å². The summed E-state index contributed by atoms with van der Waals surface area (Å²) in [5.41, 5.74) is 3.50. The Morgan fingerprint density at radius 1 is 1.20 bits per heavy atom. The van der Waals surface area contributed by atoms with Crippen LogP contribution in [0.3, 0.4) is 0 Å². The Morgan fingerprint density at radius 3 is 2.55 bits per heavy atom. The van der Waals surface area contributed by atoms with Gasteiger partial charge in [0.2, 0.25) is 0 Å². The van der Waals surface area contributed by atoms with Crippen molar-refractivity contribution in [1.82, 2.24) is 15.1 Å². The van der Waals surface area contributed by atoms with E-state index in [1.165, 1.54) is 5.56 Å². The minimum Gasteiger partial charge on any atom is -0.487 e. The first-order valence-electron chi connectivity index (χ1n) is 7.18. The lowest BCUT2D eigenvalue weighted by Gasteiger charge is -2.08. The number of nitrogens with one attached hydrogen (secondary N) is 1. The van der Waals surface area contributed by atoms with Crippen LogP contribution in [0.25, 0.3) is 0 Å². The molecule has 20 heavy (non-hydrogen) atoms. The molecule has 4 nitrogen and oxygen atoms in total. The zero-order valence-electron chi connectivity index (χ0n) is 12.5. The molecule has 0 aliphatic rings. The second-order valence-electron chi connectivity index (χ2n) is 4.76. The molecule has 4 heteroatoms. The number of ether oxygens (including phenoxy) is 1. The summed E-state index contributed by atoms with van der Waals surface area (Å²) in [6.07, 6.45) is 0.957. The van der Waals surface area contributed by atoms with Crippen molar-refractivity contribution in [2.45, 2.75) is 40.0 Å². The van der Waals surface area contributed by atoms with Crippen LogP contribution in [0.15, 0.2) is 30.3 Å². The Bertz CT molecular complexity index is 531. The monoisotopic (exact) mass is 273 g/mol. The van der Waals surface area contributed by atoms with Crippen LogP contribution >= 0.6 is 0 Å². The largest absolute Gasteiger partial charge is 0.487 e. The summed E-state index contributed by atoms with van der Waals surface area (Å²) in [7, 11) is 1.95. The summed E-state index contributed by atoms with van der Waals surface area (Å²) in [5.74, 6) is 0.895. The number of aryl methyl sites for hydroxylation is 2. The number of hydrogen-bond acceptors (Lipinski definition) is 3. The van der Waals surface area contributed by atoms with Gasteiger partial charge < -0.3 is 10.1 Å². The SMILES string of the molecule is CCc1cc(COc2ccc(CNC)cc2)n(CC)n1. The molecule has 0 bridgehead atoms.